The van der Waals surface area contributed by atoms with Crippen molar-refractivity contribution in [2.24, 2.45) is 7.05 Å². The molecule has 0 fully saturated rings. The molecule has 0 aliphatic carbocycles. The van der Waals surface area contributed by atoms with Gasteiger partial charge in [0.05, 0.1) is 5.25 Å². The van der Waals surface area contributed by atoms with Crippen molar-refractivity contribution in [2.45, 2.75) is 24.3 Å². The van der Waals surface area contributed by atoms with Gasteiger partial charge in [0, 0.05) is 18.2 Å². The van der Waals surface area contributed by atoms with E-state index in [2.05, 4.69) is 20.4 Å². The fourth-order valence-corrected chi connectivity index (χ4v) is 3.53. The molecule has 0 amide bonds. The minimum Gasteiger partial charge on any atom is -0.419 e. The van der Waals surface area contributed by atoms with Gasteiger partial charge in [0.1, 0.15) is 5.82 Å². The Bertz CT molecular complexity index is 1090. The highest BCUT2D eigenvalue weighted by atomic mass is 32.2. The molecule has 0 aliphatic heterocycles. The highest BCUT2D eigenvalue weighted by Gasteiger charge is 2.20. The van der Waals surface area contributed by atoms with Crippen molar-refractivity contribution in [1.82, 2.24) is 25.0 Å². The summed E-state index contributed by atoms with van der Waals surface area (Å²) >= 11 is 1.47. The smallest absolute Gasteiger partial charge is 0.247 e. The number of hydrogen-bond donors (Lipinski definition) is 0. The summed E-state index contributed by atoms with van der Waals surface area (Å²) in [4.78, 5) is 0. The van der Waals surface area contributed by atoms with Gasteiger partial charge in [0.15, 0.2) is 11.0 Å². The summed E-state index contributed by atoms with van der Waals surface area (Å²) < 4.78 is 20.9. The second-order valence-corrected chi connectivity index (χ2v) is 7.75. The zero-order valence-electron chi connectivity index (χ0n) is 15.6. The topological polar surface area (TPSA) is 69.6 Å². The third-order valence-corrected chi connectivity index (χ3v) is 5.43. The SMILES string of the molecule is Cc1ccc(-c2nnc(C(C)Sc3nnc(-c4ccc(F)cc4)n3C)o2)cc1. The van der Waals surface area contributed by atoms with Crippen LogP contribution in [0, 0.1) is 12.7 Å². The van der Waals surface area contributed by atoms with Crippen molar-refractivity contribution < 1.29 is 8.81 Å². The molecular formula is C20H18FN5OS. The van der Waals surface area contributed by atoms with Gasteiger partial charge < -0.3 is 8.98 Å². The Morgan fingerprint density at radius 1 is 0.929 bits per heavy atom. The molecule has 2 heterocycles. The van der Waals surface area contributed by atoms with Gasteiger partial charge in [-0.25, -0.2) is 4.39 Å². The van der Waals surface area contributed by atoms with E-state index in [1.807, 2.05) is 49.7 Å². The lowest BCUT2D eigenvalue weighted by Crippen LogP contribution is -1.97. The van der Waals surface area contributed by atoms with Crippen LogP contribution in [0.4, 0.5) is 4.39 Å². The maximum absolute atomic E-state index is 13.1. The summed E-state index contributed by atoms with van der Waals surface area (Å²) in [6.45, 7) is 4.01. The van der Waals surface area contributed by atoms with Gasteiger partial charge in [-0.3, -0.25) is 0 Å². The first kappa shape index (κ1) is 18.4. The molecule has 2 aromatic heterocycles. The van der Waals surface area contributed by atoms with E-state index in [1.54, 1.807) is 12.1 Å². The van der Waals surface area contributed by atoms with Gasteiger partial charge in [-0.1, -0.05) is 29.5 Å². The zero-order chi connectivity index (χ0) is 19.7. The molecule has 0 saturated carbocycles. The van der Waals surface area contributed by atoms with E-state index in [0.29, 0.717) is 22.8 Å². The molecule has 4 aromatic rings. The van der Waals surface area contributed by atoms with Crippen molar-refractivity contribution in [3.63, 3.8) is 0 Å². The van der Waals surface area contributed by atoms with E-state index in [-0.39, 0.29) is 11.1 Å². The highest BCUT2D eigenvalue weighted by molar-refractivity contribution is 7.99. The van der Waals surface area contributed by atoms with Gasteiger partial charge in [-0.05, 0) is 50.2 Å². The molecule has 1 atom stereocenters. The molecule has 6 nitrogen and oxygen atoms in total. The number of hydrogen-bond acceptors (Lipinski definition) is 6. The number of nitrogens with zero attached hydrogens (tertiary/aromatic N) is 5. The van der Waals surface area contributed by atoms with Crippen LogP contribution in [0.15, 0.2) is 58.1 Å². The Hall–Kier alpha value is -3.00. The fourth-order valence-electron chi connectivity index (χ4n) is 2.69. The third-order valence-electron chi connectivity index (χ3n) is 4.31. The Balaban J connectivity index is 1.52. The maximum Gasteiger partial charge on any atom is 0.247 e. The van der Waals surface area contributed by atoms with Gasteiger partial charge >= 0.3 is 0 Å². The Morgan fingerprint density at radius 3 is 2.32 bits per heavy atom. The van der Waals surface area contributed by atoms with Crippen molar-refractivity contribution in [3.05, 3.63) is 65.8 Å². The molecule has 4 rings (SSSR count). The van der Waals surface area contributed by atoms with Crippen molar-refractivity contribution >= 4 is 11.8 Å². The lowest BCUT2D eigenvalue weighted by Gasteiger charge is -2.07. The van der Waals surface area contributed by atoms with Crippen LogP contribution in [0.2, 0.25) is 0 Å². The van der Waals surface area contributed by atoms with E-state index in [1.165, 1.54) is 29.5 Å². The van der Waals surface area contributed by atoms with Crippen LogP contribution in [0.5, 0.6) is 0 Å². The minimum atomic E-state index is -0.282. The summed E-state index contributed by atoms with van der Waals surface area (Å²) in [5.74, 6) is 1.40. The standard InChI is InChI=1S/C20H18FN5OS/c1-12-4-6-15(7-5-12)19-24-23-18(27-19)13(2)28-20-25-22-17(26(20)3)14-8-10-16(21)11-9-14/h4-11,13H,1-3H3. The normalized spacial score (nSPS) is 12.3. The molecule has 0 bridgehead atoms. The molecule has 0 aliphatic rings. The lowest BCUT2D eigenvalue weighted by molar-refractivity contribution is 0.508. The first-order valence-corrected chi connectivity index (χ1v) is 9.61. The number of aryl methyl sites for hydroxylation is 1. The molecule has 2 aromatic carbocycles. The average Bonchev–Trinajstić information content (AvgIpc) is 3.31. The van der Waals surface area contributed by atoms with Gasteiger partial charge in [0.25, 0.3) is 0 Å². The van der Waals surface area contributed by atoms with E-state index in [9.17, 15) is 4.39 Å². The molecule has 28 heavy (non-hydrogen) atoms. The highest BCUT2D eigenvalue weighted by Crippen LogP contribution is 2.35. The predicted octanol–water partition coefficient (Wildman–Crippen LogP) is 4.83. The Morgan fingerprint density at radius 2 is 1.61 bits per heavy atom. The third kappa shape index (κ3) is 3.68. The van der Waals surface area contributed by atoms with Gasteiger partial charge in [-0.2, -0.15) is 0 Å². The van der Waals surface area contributed by atoms with Crippen molar-refractivity contribution in [3.8, 4) is 22.8 Å². The van der Waals surface area contributed by atoms with Crippen LogP contribution in [0.1, 0.15) is 23.6 Å². The van der Waals surface area contributed by atoms with Crippen molar-refractivity contribution in [1.29, 1.82) is 0 Å². The summed E-state index contributed by atoms with van der Waals surface area (Å²) in [5, 5.41) is 17.4. The van der Waals surface area contributed by atoms with Crippen molar-refractivity contribution in [2.75, 3.05) is 0 Å². The number of aromatic nitrogens is 5. The first-order chi connectivity index (χ1) is 13.5. The Kier molecular flexibility index (Phi) is 4.95. The zero-order valence-corrected chi connectivity index (χ0v) is 16.4. The van der Waals surface area contributed by atoms with Crippen LogP contribution in [0.3, 0.4) is 0 Å². The summed E-state index contributed by atoms with van der Waals surface area (Å²) in [6, 6.07) is 14.1. The monoisotopic (exact) mass is 395 g/mol. The van der Waals surface area contributed by atoms with Crippen LogP contribution in [-0.4, -0.2) is 25.0 Å². The average molecular weight is 395 g/mol. The van der Waals surface area contributed by atoms with Crippen LogP contribution in [-0.2, 0) is 7.05 Å². The maximum atomic E-state index is 13.1. The van der Waals surface area contributed by atoms with E-state index in [0.717, 1.165) is 11.1 Å². The number of rotatable bonds is 5. The van der Waals surface area contributed by atoms with Crippen LogP contribution in [0.25, 0.3) is 22.8 Å². The lowest BCUT2D eigenvalue weighted by atomic mass is 10.1. The predicted molar refractivity (Wildman–Crippen MR) is 105 cm³/mol. The van der Waals surface area contributed by atoms with E-state index >= 15 is 0 Å². The summed E-state index contributed by atoms with van der Waals surface area (Å²) in [6.07, 6.45) is 0. The molecule has 142 valence electrons. The molecule has 8 heteroatoms. The van der Waals surface area contributed by atoms with Gasteiger partial charge in [0.2, 0.25) is 11.8 Å². The van der Waals surface area contributed by atoms with E-state index in [4.69, 9.17) is 4.42 Å². The largest absolute Gasteiger partial charge is 0.419 e. The second kappa shape index (κ2) is 7.55. The second-order valence-electron chi connectivity index (χ2n) is 6.44. The molecule has 1 unspecified atom stereocenters. The molecule has 0 N–H and O–H groups in total. The number of halogens is 1. The van der Waals surface area contributed by atoms with Crippen LogP contribution >= 0.6 is 11.8 Å². The summed E-state index contributed by atoms with van der Waals surface area (Å²) in [5.41, 5.74) is 2.86. The molecule has 0 radical (unpaired) electrons. The van der Waals surface area contributed by atoms with E-state index < -0.39 is 0 Å². The Labute approximate surface area is 165 Å². The molecular weight excluding hydrogens is 377 g/mol. The number of benzene rings is 2. The van der Waals surface area contributed by atoms with Crippen LogP contribution < -0.4 is 0 Å². The summed E-state index contributed by atoms with van der Waals surface area (Å²) in [7, 11) is 1.87. The van der Waals surface area contributed by atoms with Gasteiger partial charge in [-0.15, -0.1) is 20.4 Å². The molecule has 0 saturated heterocycles. The number of thioether (sulfide) groups is 1. The fraction of sp³-hybridized carbons (Fsp3) is 0.200. The minimum absolute atomic E-state index is 0.101. The molecule has 0 spiro atoms. The quantitative estimate of drug-likeness (QED) is 0.451. The first-order valence-electron chi connectivity index (χ1n) is 8.73.